The Morgan fingerprint density at radius 1 is 0.750 bits per heavy atom. The molecule has 3 aromatic carbocycles. The average molecular weight is 314 g/mol. The van der Waals surface area contributed by atoms with E-state index >= 15 is 0 Å². The molecule has 0 heteroatoms. The van der Waals surface area contributed by atoms with Crippen LogP contribution in [-0.2, 0) is 6.42 Å². The molecule has 0 bridgehead atoms. The van der Waals surface area contributed by atoms with E-state index in [1.165, 1.54) is 54.9 Å². The summed E-state index contributed by atoms with van der Waals surface area (Å²) in [6.07, 6.45) is 3.56. The minimum atomic E-state index is 0.232. The molecule has 0 saturated carbocycles. The van der Waals surface area contributed by atoms with Crippen LogP contribution in [0.3, 0.4) is 0 Å². The Labute approximate surface area is 145 Å². The second kappa shape index (κ2) is 4.96. The maximum atomic E-state index is 2.44. The van der Waals surface area contributed by atoms with Gasteiger partial charge < -0.3 is 0 Å². The minimum Gasteiger partial charge on any atom is -0.0667 e. The Bertz CT molecular complexity index is 1030. The van der Waals surface area contributed by atoms with E-state index in [-0.39, 0.29) is 5.41 Å². The maximum Gasteiger partial charge on any atom is -0.00989 e. The monoisotopic (exact) mass is 314 g/mol. The van der Waals surface area contributed by atoms with Crippen molar-refractivity contribution in [1.82, 2.24) is 0 Å². The van der Waals surface area contributed by atoms with E-state index in [2.05, 4.69) is 78.0 Å². The van der Waals surface area contributed by atoms with Gasteiger partial charge in [0.2, 0.25) is 0 Å². The lowest BCUT2D eigenvalue weighted by atomic mass is 9.71. The second-order valence-electron chi connectivity index (χ2n) is 8.31. The fourth-order valence-corrected chi connectivity index (χ4v) is 4.06. The van der Waals surface area contributed by atoms with E-state index in [0.717, 1.165) is 6.42 Å². The number of hydrogen-bond donors (Lipinski definition) is 0. The van der Waals surface area contributed by atoms with Crippen molar-refractivity contribution in [2.45, 2.75) is 48.0 Å². The molecule has 1 aliphatic carbocycles. The van der Waals surface area contributed by atoms with Gasteiger partial charge in [-0.3, -0.25) is 0 Å². The van der Waals surface area contributed by atoms with E-state index in [0.29, 0.717) is 0 Å². The maximum absolute atomic E-state index is 2.44. The predicted molar refractivity (Wildman–Crippen MR) is 107 cm³/mol. The van der Waals surface area contributed by atoms with Gasteiger partial charge in [0.1, 0.15) is 0 Å². The molecule has 0 nitrogen and oxygen atoms in total. The first-order valence-electron chi connectivity index (χ1n) is 8.93. The van der Waals surface area contributed by atoms with Gasteiger partial charge in [0, 0.05) is 0 Å². The smallest absolute Gasteiger partial charge is 0.00989 e. The Kier molecular flexibility index (Phi) is 3.19. The zero-order valence-electron chi connectivity index (χ0n) is 15.7. The van der Waals surface area contributed by atoms with Gasteiger partial charge >= 0.3 is 0 Å². The van der Waals surface area contributed by atoms with Crippen LogP contribution in [0.1, 0.15) is 48.6 Å². The Morgan fingerprint density at radius 2 is 1.42 bits per heavy atom. The van der Waals surface area contributed by atoms with Gasteiger partial charge in [0.05, 0.1) is 0 Å². The molecule has 0 aliphatic heterocycles. The van der Waals surface area contributed by atoms with Crippen LogP contribution in [0.5, 0.6) is 0 Å². The molecule has 4 rings (SSSR count). The van der Waals surface area contributed by atoms with Crippen LogP contribution in [-0.4, -0.2) is 0 Å². The number of benzene rings is 3. The summed E-state index contributed by atoms with van der Waals surface area (Å²) in [5.41, 5.74) is 8.80. The largest absolute Gasteiger partial charge is 0.0667 e. The second-order valence-corrected chi connectivity index (χ2v) is 8.31. The summed E-state index contributed by atoms with van der Waals surface area (Å²) < 4.78 is 0. The Balaban J connectivity index is 2.26. The molecule has 0 saturated heterocycles. The molecule has 0 N–H and O–H groups in total. The molecule has 24 heavy (non-hydrogen) atoms. The molecule has 1 aliphatic rings. The molecule has 0 aromatic heterocycles. The minimum absolute atomic E-state index is 0.232. The Morgan fingerprint density at radius 3 is 2.12 bits per heavy atom. The van der Waals surface area contributed by atoms with Crippen molar-refractivity contribution < 1.29 is 0 Å². The van der Waals surface area contributed by atoms with Crippen LogP contribution >= 0.6 is 0 Å². The third-order valence-corrected chi connectivity index (χ3v) is 6.09. The number of hydrogen-bond acceptors (Lipinski definition) is 0. The van der Waals surface area contributed by atoms with Crippen molar-refractivity contribution in [1.29, 1.82) is 0 Å². The molecule has 0 atom stereocenters. The summed E-state index contributed by atoms with van der Waals surface area (Å²) in [5.74, 6) is 0. The highest BCUT2D eigenvalue weighted by Crippen LogP contribution is 2.44. The van der Waals surface area contributed by atoms with Crippen molar-refractivity contribution in [3.8, 4) is 0 Å². The SMILES string of the molecule is CC1=Cc2c(c3cc(C)c(C)cc3c3ccc(C)cc23)CC1(C)C. The highest BCUT2D eigenvalue weighted by molar-refractivity contribution is 6.13. The van der Waals surface area contributed by atoms with Crippen LogP contribution in [0.2, 0.25) is 0 Å². The van der Waals surface area contributed by atoms with Crippen LogP contribution < -0.4 is 0 Å². The van der Waals surface area contributed by atoms with Crippen molar-refractivity contribution >= 4 is 27.6 Å². The van der Waals surface area contributed by atoms with Crippen LogP contribution in [0.15, 0.2) is 35.9 Å². The van der Waals surface area contributed by atoms with Gasteiger partial charge in [0.15, 0.2) is 0 Å². The lowest BCUT2D eigenvalue weighted by molar-refractivity contribution is 0.443. The zero-order chi connectivity index (χ0) is 17.2. The number of aryl methyl sites for hydroxylation is 3. The lowest BCUT2D eigenvalue weighted by Gasteiger charge is -2.33. The first kappa shape index (κ1) is 15.4. The number of allylic oxidation sites excluding steroid dienone is 1. The van der Waals surface area contributed by atoms with E-state index in [9.17, 15) is 0 Å². The third kappa shape index (κ3) is 2.13. The topological polar surface area (TPSA) is 0 Å². The van der Waals surface area contributed by atoms with Gasteiger partial charge in [0.25, 0.3) is 0 Å². The fourth-order valence-electron chi connectivity index (χ4n) is 4.06. The first-order valence-corrected chi connectivity index (χ1v) is 8.93. The highest BCUT2D eigenvalue weighted by Gasteiger charge is 2.28. The third-order valence-electron chi connectivity index (χ3n) is 6.09. The number of rotatable bonds is 0. The van der Waals surface area contributed by atoms with Crippen molar-refractivity contribution in [2.24, 2.45) is 5.41 Å². The fraction of sp³-hybridized carbons (Fsp3) is 0.333. The highest BCUT2D eigenvalue weighted by atomic mass is 14.3. The number of fused-ring (bicyclic) bond motifs is 6. The van der Waals surface area contributed by atoms with Gasteiger partial charge in [-0.15, -0.1) is 0 Å². The Hall–Kier alpha value is -2.08. The first-order chi connectivity index (χ1) is 11.3. The van der Waals surface area contributed by atoms with E-state index in [4.69, 9.17) is 0 Å². The van der Waals surface area contributed by atoms with Crippen molar-refractivity contribution in [2.75, 3.05) is 0 Å². The standard InChI is InChI=1S/C24H26/c1-14-7-8-18-19(9-14)22-12-17(4)24(5,6)13-23(22)21-11-16(3)15(2)10-20(18)21/h7-12H,13H2,1-6H3. The molecule has 0 spiro atoms. The van der Waals surface area contributed by atoms with Gasteiger partial charge in [-0.05, 0) is 83.3 Å². The lowest BCUT2D eigenvalue weighted by Crippen LogP contribution is -2.21. The van der Waals surface area contributed by atoms with Gasteiger partial charge in [-0.1, -0.05) is 61.4 Å². The molecule has 0 amide bonds. The molecule has 0 fully saturated rings. The molecule has 0 radical (unpaired) electrons. The van der Waals surface area contributed by atoms with E-state index in [1.807, 2.05) is 0 Å². The molecule has 0 heterocycles. The molecular formula is C24H26. The van der Waals surface area contributed by atoms with Gasteiger partial charge in [-0.25, -0.2) is 0 Å². The molecule has 3 aromatic rings. The summed E-state index contributed by atoms with van der Waals surface area (Å²) in [6, 6.07) is 11.7. The summed E-state index contributed by atoms with van der Waals surface area (Å²) in [7, 11) is 0. The zero-order valence-corrected chi connectivity index (χ0v) is 15.7. The van der Waals surface area contributed by atoms with Crippen LogP contribution in [0.25, 0.3) is 27.6 Å². The van der Waals surface area contributed by atoms with Gasteiger partial charge in [-0.2, -0.15) is 0 Å². The summed E-state index contributed by atoms with van der Waals surface area (Å²) in [6.45, 7) is 13.7. The van der Waals surface area contributed by atoms with Crippen LogP contribution in [0, 0.1) is 26.2 Å². The molecule has 122 valence electrons. The van der Waals surface area contributed by atoms with Crippen molar-refractivity contribution in [3.05, 3.63) is 63.7 Å². The molecular weight excluding hydrogens is 288 g/mol. The summed E-state index contributed by atoms with van der Waals surface area (Å²) in [4.78, 5) is 0. The summed E-state index contributed by atoms with van der Waals surface area (Å²) >= 11 is 0. The van der Waals surface area contributed by atoms with E-state index < -0.39 is 0 Å². The quantitative estimate of drug-likeness (QED) is 0.396. The van der Waals surface area contributed by atoms with E-state index in [1.54, 1.807) is 0 Å². The average Bonchev–Trinajstić information content (AvgIpc) is 2.51. The predicted octanol–water partition coefficient (Wildman–Crippen LogP) is 6.90. The summed E-state index contributed by atoms with van der Waals surface area (Å²) in [5, 5.41) is 5.66. The normalized spacial score (nSPS) is 16.3. The van der Waals surface area contributed by atoms with Crippen molar-refractivity contribution in [3.63, 3.8) is 0 Å². The van der Waals surface area contributed by atoms with Crippen LogP contribution in [0.4, 0.5) is 0 Å². The molecule has 0 unspecified atom stereocenters.